The maximum Gasteiger partial charge on any atom is 0.0372 e. The van der Waals surface area contributed by atoms with Crippen molar-refractivity contribution in [2.45, 2.75) is 27.2 Å². The van der Waals surface area contributed by atoms with Gasteiger partial charge in [-0.25, -0.2) is 0 Å². The molecule has 14 heavy (non-hydrogen) atoms. The van der Waals surface area contributed by atoms with Crippen molar-refractivity contribution in [3.63, 3.8) is 0 Å². The van der Waals surface area contributed by atoms with Crippen molar-refractivity contribution in [1.29, 1.82) is 0 Å². The number of pyridine rings is 1. The van der Waals surface area contributed by atoms with Gasteiger partial charge in [-0.1, -0.05) is 19.9 Å². The molecule has 0 amide bonds. The van der Waals surface area contributed by atoms with E-state index in [-0.39, 0.29) is 0 Å². The van der Waals surface area contributed by atoms with E-state index in [1.807, 2.05) is 13.1 Å². The fraction of sp³-hybridized carbons (Fsp3) is 0.583. The first kappa shape index (κ1) is 11.2. The SMILES string of the molecule is CCNCC(C)Cc1ccc(C)nc1. The minimum Gasteiger partial charge on any atom is -0.317 e. The number of hydrogen-bond donors (Lipinski definition) is 1. The highest BCUT2D eigenvalue weighted by Gasteiger charge is 2.02. The molecule has 0 bridgehead atoms. The van der Waals surface area contributed by atoms with Gasteiger partial charge in [0.2, 0.25) is 0 Å². The number of aryl methyl sites for hydroxylation is 1. The van der Waals surface area contributed by atoms with E-state index in [4.69, 9.17) is 0 Å². The summed E-state index contributed by atoms with van der Waals surface area (Å²) in [6, 6.07) is 4.25. The van der Waals surface area contributed by atoms with E-state index in [2.05, 4.69) is 36.3 Å². The van der Waals surface area contributed by atoms with Crippen LogP contribution in [0.5, 0.6) is 0 Å². The van der Waals surface area contributed by atoms with Crippen LogP contribution in [0.2, 0.25) is 0 Å². The van der Waals surface area contributed by atoms with Gasteiger partial charge in [-0.15, -0.1) is 0 Å². The van der Waals surface area contributed by atoms with E-state index in [9.17, 15) is 0 Å². The van der Waals surface area contributed by atoms with Crippen molar-refractivity contribution in [3.05, 3.63) is 29.6 Å². The van der Waals surface area contributed by atoms with Crippen LogP contribution >= 0.6 is 0 Å². The molecule has 1 heterocycles. The Balaban J connectivity index is 2.39. The Morgan fingerprint density at radius 2 is 2.21 bits per heavy atom. The summed E-state index contributed by atoms with van der Waals surface area (Å²) >= 11 is 0. The normalized spacial score (nSPS) is 12.8. The predicted molar refractivity (Wildman–Crippen MR) is 60.4 cm³/mol. The first-order chi connectivity index (χ1) is 6.72. The van der Waals surface area contributed by atoms with Gasteiger partial charge in [0.1, 0.15) is 0 Å². The summed E-state index contributed by atoms with van der Waals surface area (Å²) in [6.07, 6.45) is 3.10. The maximum absolute atomic E-state index is 4.29. The number of nitrogens with one attached hydrogen (secondary N) is 1. The molecule has 0 fully saturated rings. The molecule has 0 saturated heterocycles. The van der Waals surface area contributed by atoms with Crippen molar-refractivity contribution in [2.75, 3.05) is 13.1 Å². The highest BCUT2D eigenvalue weighted by atomic mass is 14.8. The van der Waals surface area contributed by atoms with Gasteiger partial charge >= 0.3 is 0 Å². The summed E-state index contributed by atoms with van der Waals surface area (Å²) in [6.45, 7) is 8.56. The van der Waals surface area contributed by atoms with Gasteiger partial charge in [0, 0.05) is 11.9 Å². The second-order valence-electron chi connectivity index (χ2n) is 3.92. The van der Waals surface area contributed by atoms with Crippen LogP contribution in [-0.4, -0.2) is 18.1 Å². The lowest BCUT2D eigenvalue weighted by atomic mass is 10.0. The van der Waals surface area contributed by atoms with Crippen molar-refractivity contribution in [2.24, 2.45) is 5.92 Å². The number of aromatic nitrogens is 1. The molecule has 1 N–H and O–H groups in total. The van der Waals surface area contributed by atoms with Gasteiger partial charge in [0.25, 0.3) is 0 Å². The average Bonchev–Trinajstić information content (AvgIpc) is 2.18. The molecule has 0 aromatic carbocycles. The molecule has 2 nitrogen and oxygen atoms in total. The Bertz CT molecular complexity index is 254. The number of rotatable bonds is 5. The Hall–Kier alpha value is -0.890. The van der Waals surface area contributed by atoms with Crippen molar-refractivity contribution in [1.82, 2.24) is 10.3 Å². The summed E-state index contributed by atoms with van der Waals surface area (Å²) in [5.74, 6) is 0.680. The summed E-state index contributed by atoms with van der Waals surface area (Å²) in [7, 11) is 0. The Morgan fingerprint density at radius 1 is 1.43 bits per heavy atom. The largest absolute Gasteiger partial charge is 0.317 e. The molecule has 1 aromatic rings. The monoisotopic (exact) mass is 192 g/mol. The maximum atomic E-state index is 4.29. The topological polar surface area (TPSA) is 24.9 Å². The number of hydrogen-bond acceptors (Lipinski definition) is 2. The van der Waals surface area contributed by atoms with Crippen LogP contribution in [0.4, 0.5) is 0 Å². The molecule has 0 aliphatic carbocycles. The molecule has 0 aliphatic rings. The average molecular weight is 192 g/mol. The Morgan fingerprint density at radius 3 is 2.79 bits per heavy atom. The molecule has 0 saturated carbocycles. The van der Waals surface area contributed by atoms with E-state index in [0.29, 0.717) is 5.92 Å². The highest BCUT2D eigenvalue weighted by molar-refractivity contribution is 5.13. The van der Waals surface area contributed by atoms with Gasteiger partial charge in [-0.3, -0.25) is 4.98 Å². The fourth-order valence-electron chi connectivity index (χ4n) is 1.48. The van der Waals surface area contributed by atoms with Gasteiger partial charge in [0.15, 0.2) is 0 Å². The zero-order chi connectivity index (χ0) is 10.4. The lowest BCUT2D eigenvalue weighted by Gasteiger charge is -2.11. The standard InChI is InChI=1S/C12H20N2/c1-4-13-8-10(2)7-12-6-5-11(3)14-9-12/h5-6,9-10,13H,4,7-8H2,1-3H3. The number of nitrogens with zero attached hydrogens (tertiary/aromatic N) is 1. The van der Waals surface area contributed by atoms with Gasteiger partial charge < -0.3 is 5.32 Å². The van der Waals surface area contributed by atoms with Crippen LogP contribution < -0.4 is 5.32 Å². The zero-order valence-electron chi connectivity index (χ0n) is 9.38. The zero-order valence-corrected chi connectivity index (χ0v) is 9.38. The first-order valence-corrected chi connectivity index (χ1v) is 5.34. The third-order valence-electron chi connectivity index (χ3n) is 2.30. The van der Waals surface area contributed by atoms with Gasteiger partial charge in [-0.2, -0.15) is 0 Å². The van der Waals surface area contributed by atoms with Crippen LogP contribution in [0.3, 0.4) is 0 Å². The molecular formula is C12H20N2. The molecule has 1 aromatic heterocycles. The van der Waals surface area contributed by atoms with Crippen molar-refractivity contribution in [3.8, 4) is 0 Å². The summed E-state index contributed by atoms with van der Waals surface area (Å²) in [5, 5.41) is 3.36. The van der Waals surface area contributed by atoms with Crippen LogP contribution in [-0.2, 0) is 6.42 Å². The molecule has 0 aliphatic heterocycles. The first-order valence-electron chi connectivity index (χ1n) is 5.34. The van der Waals surface area contributed by atoms with E-state index >= 15 is 0 Å². The van der Waals surface area contributed by atoms with E-state index < -0.39 is 0 Å². The van der Waals surface area contributed by atoms with Crippen LogP contribution in [0.15, 0.2) is 18.3 Å². The molecule has 78 valence electrons. The summed E-state index contributed by atoms with van der Waals surface area (Å²) < 4.78 is 0. The van der Waals surface area contributed by atoms with Crippen molar-refractivity contribution < 1.29 is 0 Å². The lowest BCUT2D eigenvalue weighted by Crippen LogP contribution is -2.21. The van der Waals surface area contributed by atoms with E-state index in [0.717, 1.165) is 25.2 Å². The molecule has 1 rings (SSSR count). The third-order valence-corrected chi connectivity index (χ3v) is 2.30. The molecular weight excluding hydrogens is 172 g/mol. The Labute approximate surface area is 86.8 Å². The van der Waals surface area contributed by atoms with Gasteiger partial charge in [-0.05, 0) is 44.0 Å². The second kappa shape index (κ2) is 5.76. The molecule has 0 spiro atoms. The Kier molecular flexibility index (Phi) is 4.60. The molecule has 2 heteroatoms. The third kappa shape index (κ3) is 3.88. The predicted octanol–water partition coefficient (Wildman–Crippen LogP) is 2.18. The minimum atomic E-state index is 0.680. The van der Waals surface area contributed by atoms with Crippen LogP contribution in [0.25, 0.3) is 0 Å². The van der Waals surface area contributed by atoms with E-state index in [1.165, 1.54) is 5.56 Å². The highest BCUT2D eigenvalue weighted by Crippen LogP contribution is 2.07. The lowest BCUT2D eigenvalue weighted by molar-refractivity contribution is 0.521. The molecule has 1 atom stereocenters. The minimum absolute atomic E-state index is 0.680. The second-order valence-corrected chi connectivity index (χ2v) is 3.92. The smallest absolute Gasteiger partial charge is 0.0372 e. The van der Waals surface area contributed by atoms with Crippen LogP contribution in [0.1, 0.15) is 25.1 Å². The quantitative estimate of drug-likeness (QED) is 0.773. The summed E-state index contributed by atoms with van der Waals surface area (Å²) in [4.78, 5) is 4.29. The molecule has 1 unspecified atom stereocenters. The van der Waals surface area contributed by atoms with Crippen molar-refractivity contribution >= 4 is 0 Å². The summed E-state index contributed by atoms with van der Waals surface area (Å²) in [5.41, 5.74) is 2.43. The molecule has 0 radical (unpaired) electrons. The van der Waals surface area contributed by atoms with Gasteiger partial charge in [0.05, 0.1) is 0 Å². The van der Waals surface area contributed by atoms with E-state index in [1.54, 1.807) is 0 Å². The van der Waals surface area contributed by atoms with Crippen LogP contribution in [0, 0.1) is 12.8 Å². The fourth-order valence-corrected chi connectivity index (χ4v) is 1.48.